The Kier molecular flexibility index (Phi) is 5.35. The van der Waals surface area contributed by atoms with Crippen LogP contribution >= 0.6 is 0 Å². The van der Waals surface area contributed by atoms with Crippen molar-refractivity contribution in [3.05, 3.63) is 36.1 Å². The summed E-state index contributed by atoms with van der Waals surface area (Å²) in [5.41, 5.74) is 1.29. The number of carbonyl (C=O) groups excluding carboxylic acids is 2. The van der Waals surface area contributed by atoms with Crippen molar-refractivity contribution in [1.29, 1.82) is 0 Å². The standard InChI is InChI=1S/C16H20N4O3/c1-10(2)8-15(21)17-12-4-6-13(7-5-12)18-16(22)19-14-9-11(3)23-20-14/h4-7,9-10H,8H2,1-3H3,(H,17,21)(H2,18,19,20,22). The second-order valence-electron chi connectivity index (χ2n) is 5.63. The van der Waals surface area contributed by atoms with Gasteiger partial charge >= 0.3 is 6.03 Å². The van der Waals surface area contributed by atoms with E-state index in [1.807, 2.05) is 13.8 Å². The molecule has 0 bridgehead atoms. The van der Waals surface area contributed by atoms with E-state index in [1.54, 1.807) is 37.3 Å². The highest BCUT2D eigenvalue weighted by molar-refractivity contribution is 5.99. The van der Waals surface area contributed by atoms with Gasteiger partial charge in [0.05, 0.1) is 0 Å². The molecule has 1 aromatic carbocycles. The molecule has 3 amide bonds. The fourth-order valence-electron chi connectivity index (χ4n) is 1.92. The molecule has 0 saturated heterocycles. The van der Waals surface area contributed by atoms with E-state index in [9.17, 15) is 9.59 Å². The topological polar surface area (TPSA) is 96.3 Å². The first-order chi connectivity index (χ1) is 10.9. The molecule has 0 atom stereocenters. The lowest BCUT2D eigenvalue weighted by Crippen LogP contribution is -2.19. The molecule has 0 unspecified atom stereocenters. The number of amides is 3. The summed E-state index contributed by atoms with van der Waals surface area (Å²) in [5, 5.41) is 11.7. The lowest BCUT2D eigenvalue weighted by molar-refractivity contribution is -0.116. The Balaban J connectivity index is 1.87. The zero-order valence-electron chi connectivity index (χ0n) is 13.3. The van der Waals surface area contributed by atoms with Crippen molar-refractivity contribution < 1.29 is 14.1 Å². The molecule has 2 aromatic rings. The Morgan fingerprint density at radius 1 is 1.09 bits per heavy atom. The number of hydrogen-bond acceptors (Lipinski definition) is 4. The second-order valence-corrected chi connectivity index (χ2v) is 5.63. The summed E-state index contributed by atoms with van der Waals surface area (Å²) in [5.74, 6) is 1.24. The van der Waals surface area contributed by atoms with Crippen molar-refractivity contribution in [2.24, 2.45) is 5.92 Å². The fourth-order valence-corrected chi connectivity index (χ4v) is 1.92. The van der Waals surface area contributed by atoms with Gasteiger partial charge in [0.2, 0.25) is 5.91 Å². The normalized spacial score (nSPS) is 10.4. The minimum Gasteiger partial charge on any atom is -0.360 e. The van der Waals surface area contributed by atoms with Gasteiger partial charge in [0.15, 0.2) is 5.82 Å². The van der Waals surface area contributed by atoms with Crippen molar-refractivity contribution >= 4 is 29.1 Å². The van der Waals surface area contributed by atoms with Crippen molar-refractivity contribution in [1.82, 2.24) is 5.16 Å². The summed E-state index contributed by atoms with van der Waals surface area (Å²) in [6.45, 7) is 5.71. The van der Waals surface area contributed by atoms with Gasteiger partial charge in [-0.25, -0.2) is 4.79 Å². The van der Waals surface area contributed by atoms with Gasteiger partial charge in [-0.15, -0.1) is 0 Å². The maximum atomic E-state index is 11.8. The average molecular weight is 316 g/mol. The molecule has 1 aromatic heterocycles. The van der Waals surface area contributed by atoms with Crippen LogP contribution in [0.4, 0.5) is 22.0 Å². The lowest BCUT2D eigenvalue weighted by Gasteiger charge is -2.09. The number of nitrogens with one attached hydrogen (secondary N) is 3. The van der Waals surface area contributed by atoms with Crippen LogP contribution in [0.15, 0.2) is 34.9 Å². The number of rotatable bonds is 5. The van der Waals surface area contributed by atoms with Crippen LogP contribution in [0.1, 0.15) is 26.0 Å². The molecule has 2 rings (SSSR count). The van der Waals surface area contributed by atoms with E-state index >= 15 is 0 Å². The van der Waals surface area contributed by atoms with Crippen LogP contribution < -0.4 is 16.0 Å². The summed E-state index contributed by atoms with van der Waals surface area (Å²) in [7, 11) is 0. The van der Waals surface area contributed by atoms with E-state index in [0.717, 1.165) is 0 Å². The van der Waals surface area contributed by atoms with Crippen LogP contribution in [-0.2, 0) is 4.79 Å². The third-order valence-corrected chi connectivity index (χ3v) is 2.89. The highest BCUT2D eigenvalue weighted by Gasteiger charge is 2.07. The van der Waals surface area contributed by atoms with E-state index in [1.165, 1.54) is 0 Å². The molecule has 23 heavy (non-hydrogen) atoms. The largest absolute Gasteiger partial charge is 0.360 e. The Labute approximate surface area is 134 Å². The number of urea groups is 1. The Bertz CT molecular complexity index is 677. The van der Waals surface area contributed by atoms with Crippen molar-refractivity contribution in [2.75, 3.05) is 16.0 Å². The maximum Gasteiger partial charge on any atom is 0.324 e. The van der Waals surface area contributed by atoms with Gasteiger partial charge in [-0.05, 0) is 37.1 Å². The second kappa shape index (κ2) is 7.44. The number of carbonyl (C=O) groups is 2. The zero-order valence-corrected chi connectivity index (χ0v) is 13.3. The third-order valence-electron chi connectivity index (χ3n) is 2.89. The maximum absolute atomic E-state index is 11.8. The predicted molar refractivity (Wildman–Crippen MR) is 88.4 cm³/mol. The van der Waals surface area contributed by atoms with Crippen LogP contribution in [-0.4, -0.2) is 17.1 Å². The minimum absolute atomic E-state index is 0.0279. The molecule has 0 aliphatic heterocycles. The molecule has 0 spiro atoms. The zero-order chi connectivity index (χ0) is 16.8. The quantitative estimate of drug-likeness (QED) is 0.785. The number of aromatic nitrogens is 1. The highest BCUT2D eigenvalue weighted by atomic mass is 16.5. The first-order valence-corrected chi connectivity index (χ1v) is 7.33. The third kappa shape index (κ3) is 5.46. The van der Waals surface area contributed by atoms with E-state index in [-0.39, 0.29) is 5.91 Å². The van der Waals surface area contributed by atoms with Crippen LogP contribution in [0.25, 0.3) is 0 Å². The number of nitrogens with zero attached hydrogens (tertiary/aromatic N) is 1. The Morgan fingerprint density at radius 3 is 2.22 bits per heavy atom. The first kappa shape index (κ1) is 16.5. The van der Waals surface area contributed by atoms with E-state index in [2.05, 4.69) is 21.1 Å². The van der Waals surface area contributed by atoms with Gasteiger partial charge in [-0.1, -0.05) is 19.0 Å². The minimum atomic E-state index is -0.421. The lowest BCUT2D eigenvalue weighted by atomic mass is 10.1. The first-order valence-electron chi connectivity index (χ1n) is 7.33. The fraction of sp³-hybridized carbons (Fsp3) is 0.312. The summed E-state index contributed by atoms with van der Waals surface area (Å²) in [4.78, 5) is 23.5. The summed E-state index contributed by atoms with van der Waals surface area (Å²) < 4.78 is 4.86. The van der Waals surface area contributed by atoms with Gasteiger partial charge < -0.3 is 15.2 Å². The molecule has 122 valence electrons. The molecule has 0 aliphatic carbocycles. The van der Waals surface area contributed by atoms with Crippen molar-refractivity contribution in [2.45, 2.75) is 27.2 Å². The summed E-state index contributed by atoms with van der Waals surface area (Å²) >= 11 is 0. The summed E-state index contributed by atoms with van der Waals surface area (Å²) in [6.07, 6.45) is 0.472. The SMILES string of the molecule is Cc1cc(NC(=O)Nc2ccc(NC(=O)CC(C)C)cc2)no1. The molecule has 0 aliphatic rings. The Morgan fingerprint density at radius 2 is 1.70 bits per heavy atom. The number of hydrogen-bond donors (Lipinski definition) is 3. The van der Waals surface area contributed by atoms with Gasteiger partial charge in [0.25, 0.3) is 0 Å². The molecular formula is C16H20N4O3. The van der Waals surface area contributed by atoms with Gasteiger partial charge in [0.1, 0.15) is 5.76 Å². The monoisotopic (exact) mass is 316 g/mol. The van der Waals surface area contributed by atoms with Crippen LogP contribution in [0.2, 0.25) is 0 Å². The molecule has 7 nitrogen and oxygen atoms in total. The van der Waals surface area contributed by atoms with Gasteiger partial charge in [-0.3, -0.25) is 10.1 Å². The summed E-state index contributed by atoms with van der Waals surface area (Å²) in [6, 6.07) is 8.07. The molecule has 1 heterocycles. The van der Waals surface area contributed by atoms with Crippen LogP contribution in [0.5, 0.6) is 0 Å². The van der Waals surface area contributed by atoms with Gasteiger partial charge in [-0.2, -0.15) is 0 Å². The van der Waals surface area contributed by atoms with Crippen molar-refractivity contribution in [3.63, 3.8) is 0 Å². The number of aryl methyl sites for hydroxylation is 1. The van der Waals surface area contributed by atoms with E-state index in [0.29, 0.717) is 35.3 Å². The van der Waals surface area contributed by atoms with Gasteiger partial charge in [0, 0.05) is 23.9 Å². The molecule has 0 fully saturated rings. The van der Waals surface area contributed by atoms with Crippen LogP contribution in [0.3, 0.4) is 0 Å². The van der Waals surface area contributed by atoms with E-state index < -0.39 is 6.03 Å². The highest BCUT2D eigenvalue weighted by Crippen LogP contribution is 2.15. The molecule has 7 heteroatoms. The number of anilines is 3. The molecule has 0 radical (unpaired) electrons. The number of benzene rings is 1. The van der Waals surface area contributed by atoms with Crippen molar-refractivity contribution in [3.8, 4) is 0 Å². The Hall–Kier alpha value is -2.83. The molecule has 3 N–H and O–H groups in total. The predicted octanol–water partition coefficient (Wildman–Crippen LogP) is 3.61. The van der Waals surface area contributed by atoms with E-state index in [4.69, 9.17) is 4.52 Å². The van der Waals surface area contributed by atoms with Crippen LogP contribution in [0, 0.1) is 12.8 Å². The average Bonchev–Trinajstić information content (AvgIpc) is 2.85. The molecule has 0 saturated carbocycles. The smallest absolute Gasteiger partial charge is 0.324 e. The molecular weight excluding hydrogens is 296 g/mol.